The van der Waals surface area contributed by atoms with Gasteiger partial charge in [-0.1, -0.05) is 19.1 Å². The first-order valence-electron chi connectivity index (χ1n) is 6.68. The summed E-state index contributed by atoms with van der Waals surface area (Å²) in [5.74, 6) is -0.338. The maximum absolute atomic E-state index is 11.7. The minimum atomic E-state index is -0.338. The molecule has 0 atom stereocenters. The number of benzene rings is 1. The highest BCUT2D eigenvalue weighted by molar-refractivity contribution is 5.95. The summed E-state index contributed by atoms with van der Waals surface area (Å²) in [6, 6.07) is 9.30. The van der Waals surface area contributed by atoms with E-state index in [2.05, 4.69) is 17.3 Å². The molecule has 0 aliphatic carbocycles. The average molecular weight is 273 g/mol. The summed E-state index contributed by atoms with van der Waals surface area (Å²) in [7, 11) is 1.38. The Morgan fingerprint density at radius 3 is 2.90 bits per heavy atom. The third-order valence-electron chi connectivity index (χ3n) is 3.03. The number of carbonyl (C=O) groups is 1. The van der Waals surface area contributed by atoms with Crippen molar-refractivity contribution in [2.45, 2.75) is 26.4 Å². The molecular weight excluding hydrogens is 254 g/mol. The minimum absolute atomic E-state index is 0.338. The molecule has 1 aromatic carbocycles. The molecular formula is C15H19N3O2. The quantitative estimate of drug-likeness (QED) is 0.822. The molecule has 0 saturated heterocycles. The second-order valence-electron chi connectivity index (χ2n) is 4.44. The average Bonchev–Trinajstić information content (AvgIpc) is 2.92. The van der Waals surface area contributed by atoms with Crippen LogP contribution in [0.3, 0.4) is 0 Å². The Morgan fingerprint density at radius 1 is 1.35 bits per heavy atom. The zero-order valence-corrected chi connectivity index (χ0v) is 11.8. The van der Waals surface area contributed by atoms with E-state index in [1.165, 1.54) is 7.11 Å². The van der Waals surface area contributed by atoms with Crippen LogP contribution < -0.4 is 5.32 Å². The normalized spacial score (nSPS) is 10.3. The number of carbonyl (C=O) groups excluding carboxylic acids is 1. The van der Waals surface area contributed by atoms with Crippen LogP contribution in [0, 0.1) is 0 Å². The Bertz CT molecular complexity index is 578. The Hall–Kier alpha value is -2.30. The third-order valence-corrected chi connectivity index (χ3v) is 3.03. The predicted molar refractivity (Wildman–Crippen MR) is 77.6 cm³/mol. The number of anilines is 1. The van der Waals surface area contributed by atoms with Gasteiger partial charge in [0.05, 0.1) is 24.9 Å². The third kappa shape index (κ3) is 3.17. The zero-order chi connectivity index (χ0) is 14.4. The molecule has 1 heterocycles. The molecule has 2 rings (SSSR count). The molecule has 0 fully saturated rings. The summed E-state index contributed by atoms with van der Waals surface area (Å²) in [5.41, 5.74) is 2.40. The molecule has 1 aromatic heterocycles. The molecule has 0 unspecified atom stereocenters. The van der Waals surface area contributed by atoms with E-state index in [1.54, 1.807) is 12.3 Å². The SMILES string of the molecule is CCCn1nccc1CNc1ccccc1C(=O)OC. The van der Waals surface area contributed by atoms with E-state index in [0.717, 1.165) is 24.3 Å². The number of aryl methyl sites for hydroxylation is 1. The summed E-state index contributed by atoms with van der Waals surface area (Å²) >= 11 is 0. The lowest BCUT2D eigenvalue weighted by Crippen LogP contribution is -2.11. The second kappa shape index (κ2) is 6.75. The van der Waals surface area contributed by atoms with Crippen LogP contribution in [-0.4, -0.2) is 22.9 Å². The summed E-state index contributed by atoms with van der Waals surface area (Å²) in [6.07, 6.45) is 2.83. The van der Waals surface area contributed by atoms with Gasteiger partial charge in [-0.25, -0.2) is 4.79 Å². The molecule has 0 aliphatic heterocycles. The van der Waals surface area contributed by atoms with Crippen molar-refractivity contribution < 1.29 is 9.53 Å². The topological polar surface area (TPSA) is 56.2 Å². The molecule has 2 aromatic rings. The van der Waals surface area contributed by atoms with Crippen LogP contribution in [-0.2, 0) is 17.8 Å². The highest BCUT2D eigenvalue weighted by Gasteiger charge is 2.11. The van der Waals surface area contributed by atoms with Gasteiger partial charge in [0.1, 0.15) is 0 Å². The van der Waals surface area contributed by atoms with Crippen LogP contribution >= 0.6 is 0 Å². The number of hydrogen-bond acceptors (Lipinski definition) is 4. The van der Waals surface area contributed by atoms with E-state index in [0.29, 0.717) is 12.1 Å². The smallest absolute Gasteiger partial charge is 0.339 e. The fourth-order valence-corrected chi connectivity index (χ4v) is 2.03. The fourth-order valence-electron chi connectivity index (χ4n) is 2.03. The van der Waals surface area contributed by atoms with Crippen molar-refractivity contribution in [2.75, 3.05) is 12.4 Å². The zero-order valence-electron chi connectivity index (χ0n) is 11.8. The van der Waals surface area contributed by atoms with Gasteiger partial charge in [0, 0.05) is 18.4 Å². The molecule has 0 bridgehead atoms. The molecule has 20 heavy (non-hydrogen) atoms. The second-order valence-corrected chi connectivity index (χ2v) is 4.44. The van der Waals surface area contributed by atoms with Crippen LogP contribution in [0.2, 0.25) is 0 Å². The molecule has 0 radical (unpaired) electrons. The maximum Gasteiger partial charge on any atom is 0.339 e. The number of esters is 1. The Balaban J connectivity index is 2.11. The standard InChI is InChI=1S/C15H19N3O2/c1-3-10-18-12(8-9-17-18)11-16-14-7-5-4-6-13(14)15(19)20-2/h4-9,16H,3,10-11H2,1-2H3. The van der Waals surface area contributed by atoms with E-state index in [4.69, 9.17) is 4.74 Å². The molecule has 0 aliphatic rings. The predicted octanol–water partition coefficient (Wildman–Crippen LogP) is 2.69. The fraction of sp³-hybridized carbons (Fsp3) is 0.333. The Labute approximate surface area is 118 Å². The Kier molecular flexibility index (Phi) is 4.76. The summed E-state index contributed by atoms with van der Waals surface area (Å²) in [6.45, 7) is 3.63. The minimum Gasteiger partial charge on any atom is -0.465 e. The molecule has 0 saturated carbocycles. The van der Waals surface area contributed by atoms with E-state index in [9.17, 15) is 4.79 Å². The van der Waals surface area contributed by atoms with Crippen molar-refractivity contribution in [3.63, 3.8) is 0 Å². The van der Waals surface area contributed by atoms with Gasteiger partial charge < -0.3 is 10.1 Å². The number of para-hydroxylation sites is 1. The largest absolute Gasteiger partial charge is 0.465 e. The summed E-state index contributed by atoms with van der Waals surface area (Å²) < 4.78 is 6.75. The number of nitrogens with one attached hydrogen (secondary N) is 1. The van der Waals surface area contributed by atoms with E-state index >= 15 is 0 Å². The molecule has 5 nitrogen and oxygen atoms in total. The van der Waals surface area contributed by atoms with Crippen molar-refractivity contribution >= 4 is 11.7 Å². The number of nitrogens with zero attached hydrogens (tertiary/aromatic N) is 2. The van der Waals surface area contributed by atoms with Gasteiger partial charge in [-0.05, 0) is 24.6 Å². The van der Waals surface area contributed by atoms with Gasteiger partial charge in [-0.3, -0.25) is 4.68 Å². The number of aromatic nitrogens is 2. The van der Waals surface area contributed by atoms with Gasteiger partial charge >= 0.3 is 5.97 Å². The van der Waals surface area contributed by atoms with Gasteiger partial charge in [0.25, 0.3) is 0 Å². The first-order chi connectivity index (χ1) is 9.76. The molecule has 1 N–H and O–H groups in total. The van der Waals surface area contributed by atoms with Crippen molar-refractivity contribution in [3.8, 4) is 0 Å². The highest BCUT2D eigenvalue weighted by atomic mass is 16.5. The summed E-state index contributed by atoms with van der Waals surface area (Å²) in [5, 5.41) is 7.54. The van der Waals surface area contributed by atoms with Crippen molar-refractivity contribution in [1.29, 1.82) is 0 Å². The number of rotatable bonds is 6. The number of hydrogen-bond donors (Lipinski definition) is 1. The number of methoxy groups -OCH3 is 1. The lowest BCUT2D eigenvalue weighted by atomic mass is 10.2. The first-order valence-corrected chi connectivity index (χ1v) is 6.68. The van der Waals surface area contributed by atoms with Crippen LogP contribution in [0.4, 0.5) is 5.69 Å². The Morgan fingerprint density at radius 2 is 2.15 bits per heavy atom. The van der Waals surface area contributed by atoms with Gasteiger partial charge in [-0.15, -0.1) is 0 Å². The van der Waals surface area contributed by atoms with Crippen LogP contribution in [0.25, 0.3) is 0 Å². The van der Waals surface area contributed by atoms with Crippen molar-refractivity contribution in [2.24, 2.45) is 0 Å². The molecule has 0 spiro atoms. The summed E-state index contributed by atoms with van der Waals surface area (Å²) in [4.78, 5) is 11.7. The lowest BCUT2D eigenvalue weighted by molar-refractivity contribution is 0.0602. The van der Waals surface area contributed by atoms with Crippen molar-refractivity contribution in [1.82, 2.24) is 9.78 Å². The number of ether oxygens (including phenoxy) is 1. The van der Waals surface area contributed by atoms with E-state index < -0.39 is 0 Å². The van der Waals surface area contributed by atoms with Crippen LogP contribution in [0.1, 0.15) is 29.4 Å². The van der Waals surface area contributed by atoms with E-state index in [-0.39, 0.29) is 5.97 Å². The van der Waals surface area contributed by atoms with Gasteiger partial charge in [-0.2, -0.15) is 5.10 Å². The molecule has 106 valence electrons. The monoisotopic (exact) mass is 273 g/mol. The van der Waals surface area contributed by atoms with Crippen LogP contribution in [0.5, 0.6) is 0 Å². The highest BCUT2D eigenvalue weighted by Crippen LogP contribution is 2.17. The molecule has 5 heteroatoms. The van der Waals surface area contributed by atoms with Crippen LogP contribution in [0.15, 0.2) is 36.5 Å². The first kappa shape index (κ1) is 14.1. The maximum atomic E-state index is 11.7. The van der Waals surface area contributed by atoms with Gasteiger partial charge in [0.2, 0.25) is 0 Å². The van der Waals surface area contributed by atoms with E-state index in [1.807, 2.05) is 28.9 Å². The lowest BCUT2D eigenvalue weighted by Gasteiger charge is -2.11. The van der Waals surface area contributed by atoms with Gasteiger partial charge in [0.15, 0.2) is 0 Å². The van der Waals surface area contributed by atoms with Crippen molar-refractivity contribution in [3.05, 3.63) is 47.8 Å². The molecule has 0 amide bonds.